The molecule has 0 spiro atoms. The van der Waals surface area contributed by atoms with Crippen molar-refractivity contribution in [3.8, 4) is 0 Å². The SMILES string of the molecule is CCNC(Cc1cccc(Cl)c1F)c1ncccc1Br. The molecule has 5 heteroatoms. The molecule has 0 aliphatic rings. The molecule has 1 heterocycles. The van der Waals surface area contributed by atoms with E-state index in [2.05, 4.69) is 26.2 Å². The molecule has 0 bridgehead atoms. The first-order valence-corrected chi connectivity index (χ1v) is 7.57. The number of halogens is 3. The normalized spacial score (nSPS) is 12.4. The molecular formula is C15H15BrClFN2. The fourth-order valence-electron chi connectivity index (χ4n) is 2.09. The van der Waals surface area contributed by atoms with Crippen molar-refractivity contribution in [3.05, 3.63) is 63.1 Å². The van der Waals surface area contributed by atoms with E-state index in [1.807, 2.05) is 19.1 Å². The lowest BCUT2D eigenvalue weighted by molar-refractivity contribution is 0.516. The van der Waals surface area contributed by atoms with Crippen molar-refractivity contribution in [2.24, 2.45) is 0 Å². The zero-order chi connectivity index (χ0) is 14.5. The van der Waals surface area contributed by atoms with Crippen LogP contribution in [-0.4, -0.2) is 11.5 Å². The molecule has 20 heavy (non-hydrogen) atoms. The van der Waals surface area contributed by atoms with Crippen LogP contribution in [0.3, 0.4) is 0 Å². The highest BCUT2D eigenvalue weighted by Gasteiger charge is 2.18. The Hall–Kier alpha value is -0.970. The van der Waals surface area contributed by atoms with Crippen LogP contribution in [0, 0.1) is 5.82 Å². The summed E-state index contributed by atoms with van der Waals surface area (Å²) in [6.07, 6.45) is 2.23. The second-order valence-corrected chi connectivity index (χ2v) is 5.66. The maximum atomic E-state index is 14.0. The van der Waals surface area contributed by atoms with Crippen molar-refractivity contribution in [2.45, 2.75) is 19.4 Å². The minimum atomic E-state index is -0.357. The van der Waals surface area contributed by atoms with E-state index < -0.39 is 0 Å². The average Bonchev–Trinajstić information content (AvgIpc) is 2.44. The minimum Gasteiger partial charge on any atom is -0.309 e. The number of rotatable bonds is 5. The number of nitrogens with one attached hydrogen (secondary N) is 1. The summed E-state index contributed by atoms with van der Waals surface area (Å²) in [7, 11) is 0. The molecule has 1 unspecified atom stereocenters. The molecule has 1 aromatic heterocycles. The average molecular weight is 358 g/mol. The van der Waals surface area contributed by atoms with Crippen molar-refractivity contribution in [2.75, 3.05) is 6.54 Å². The van der Waals surface area contributed by atoms with Crippen molar-refractivity contribution in [1.29, 1.82) is 0 Å². The number of benzene rings is 1. The Morgan fingerprint density at radius 3 is 2.85 bits per heavy atom. The van der Waals surface area contributed by atoms with Gasteiger partial charge in [-0.05, 0) is 52.7 Å². The Labute approximate surface area is 131 Å². The molecule has 0 radical (unpaired) electrons. The van der Waals surface area contributed by atoms with E-state index in [0.29, 0.717) is 12.0 Å². The van der Waals surface area contributed by atoms with Crippen molar-refractivity contribution >= 4 is 27.5 Å². The lowest BCUT2D eigenvalue weighted by Gasteiger charge is -2.19. The summed E-state index contributed by atoms with van der Waals surface area (Å²) >= 11 is 9.32. The van der Waals surface area contributed by atoms with Gasteiger partial charge >= 0.3 is 0 Å². The molecule has 0 saturated carbocycles. The first kappa shape index (κ1) is 15.4. The third-order valence-electron chi connectivity index (χ3n) is 3.02. The van der Waals surface area contributed by atoms with Gasteiger partial charge in [-0.3, -0.25) is 4.98 Å². The quantitative estimate of drug-likeness (QED) is 0.850. The van der Waals surface area contributed by atoms with Crippen molar-refractivity contribution in [1.82, 2.24) is 10.3 Å². The summed E-state index contributed by atoms with van der Waals surface area (Å²) < 4.78 is 14.9. The Morgan fingerprint density at radius 1 is 1.35 bits per heavy atom. The molecule has 0 saturated heterocycles. The van der Waals surface area contributed by atoms with Crippen LogP contribution in [-0.2, 0) is 6.42 Å². The molecule has 106 valence electrons. The van der Waals surface area contributed by atoms with Crippen LogP contribution >= 0.6 is 27.5 Å². The number of pyridine rings is 1. The second-order valence-electron chi connectivity index (χ2n) is 4.40. The summed E-state index contributed by atoms with van der Waals surface area (Å²) in [5.41, 5.74) is 1.45. The van der Waals surface area contributed by atoms with E-state index in [4.69, 9.17) is 11.6 Å². The standard InChI is InChI=1S/C15H15BrClFN2/c1-2-19-13(15-11(16)6-4-8-20-15)9-10-5-3-7-12(17)14(10)18/h3-8,13,19H,2,9H2,1H3. The summed E-state index contributed by atoms with van der Waals surface area (Å²) in [4.78, 5) is 4.38. The van der Waals surface area contributed by atoms with Gasteiger partial charge in [-0.25, -0.2) is 4.39 Å². The van der Waals surface area contributed by atoms with E-state index in [9.17, 15) is 4.39 Å². The van der Waals surface area contributed by atoms with E-state index in [1.54, 1.807) is 24.4 Å². The lowest BCUT2D eigenvalue weighted by Crippen LogP contribution is -2.24. The van der Waals surface area contributed by atoms with Gasteiger partial charge in [0.15, 0.2) is 0 Å². The van der Waals surface area contributed by atoms with Crippen molar-refractivity contribution in [3.63, 3.8) is 0 Å². The zero-order valence-corrected chi connectivity index (χ0v) is 13.4. The Kier molecular flexibility index (Phi) is 5.52. The summed E-state index contributed by atoms with van der Waals surface area (Å²) in [6.45, 7) is 2.79. The highest BCUT2D eigenvalue weighted by Crippen LogP contribution is 2.26. The van der Waals surface area contributed by atoms with Gasteiger partial charge in [-0.15, -0.1) is 0 Å². The smallest absolute Gasteiger partial charge is 0.145 e. The maximum Gasteiger partial charge on any atom is 0.145 e. The first-order valence-electron chi connectivity index (χ1n) is 6.40. The van der Waals surface area contributed by atoms with E-state index >= 15 is 0 Å². The second kappa shape index (κ2) is 7.16. The number of nitrogens with zero attached hydrogens (tertiary/aromatic N) is 1. The van der Waals surface area contributed by atoms with Gasteiger partial charge in [0.25, 0.3) is 0 Å². The Morgan fingerprint density at radius 2 is 2.15 bits per heavy atom. The Bertz CT molecular complexity index is 592. The molecular weight excluding hydrogens is 343 g/mol. The summed E-state index contributed by atoms with van der Waals surface area (Å²) in [5.74, 6) is -0.357. The number of aromatic nitrogens is 1. The van der Waals surface area contributed by atoms with Gasteiger partial charge < -0.3 is 5.32 Å². The number of likely N-dealkylation sites (N-methyl/N-ethyl adjacent to an activating group) is 1. The van der Waals surface area contributed by atoms with E-state index in [0.717, 1.165) is 16.7 Å². The topological polar surface area (TPSA) is 24.9 Å². The maximum absolute atomic E-state index is 14.0. The van der Waals surface area contributed by atoms with Gasteiger partial charge in [-0.1, -0.05) is 30.7 Å². The van der Waals surface area contributed by atoms with E-state index in [-0.39, 0.29) is 16.9 Å². The van der Waals surface area contributed by atoms with Gasteiger partial charge in [-0.2, -0.15) is 0 Å². The monoisotopic (exact) mass is 356 g/mol. The number of hydrogen-bond acceptors (Lipinski definition) is 2. The summed E-state index contributed by atoms with van der Waals surface area (Å²) in [6, 6.07) is 8.79. The molecule has 0 amide bonds. The highest BCUT2D eigenvalue weighted by molar-refractivity contribution is 9.10. The lowest BCUT2D eigenvalue weighted by atomic mass is 10.0. The van der Waals surface area contributed by atoms with Gasteiger partial charge in [0.05, 0.1) is 16.8 Å². The fraction of sp³-hybridized carbons (Fsp3) is 0.267. The third kappa shape index (κ3) is 3.57. The van der Waals surface area contributed by atoms with Crippen LogP contribution in [0.5, 0.6) is 0 Å². The minimum absolute atomic E-state index is 0.0662. The van der Waals surface area contributed by atoms with Crippen LogP contribution in [0.1, 0.15) is 24.2 Å². The Balaban J connectivity index is 2.31. The predicted octanol–water partition coefficient (Wildman–Crippen LogP) is 4.53. The number of hydrogen-bond donors (Lipinski definition) is 1. The van der Waals surface area contributed by atoms with Crippen molar-refractivity contribution < 1.29 is 4.39 Å². The zero-order valence-electron chi connectivity index (χ0n) is 11.0. The first-order chi connectivity index (χ1) is 9.63. The third-order valence-corrected chi connectivity index (χ3v) is 3.99. The molecule has 1 N–H and O–H groups in total. The molecule has 2 nitrogen and oxygen atoms in total. The molecule has 1 aromatic carbocycles. The van der Waals surface area contributed by atoms with Gasteiger partial charge in [0.2, 0.25) is 0 Å². The fourth-order valence-corrected chi connectivity index (χ4v) is 2.82. The largest absolute Gasteiger partial charge is 0.309 e. The molecule has 1 atom stereocenters. The van der Waals surface area contributed by atoms with E-state index in [1.165, 1.54) is 0 Å². The van der Waals surface area contributed by atoms with Crippen LogP contribution in [0.25, 0.3) is 0 Å². The molecule has 2 aromatic rings. The molecule has 0 aliphatic carbocycles. The van der Waals surface area contributed by atoms with Crippen LogP contribution in [0.4, 0.5) is 4.39 Å². The van der Waals surface area contributed by atoms with Crippen LogP contribution < -0.4 is 5.32 Å². The summed E-state index contributed by atoms with van der Waals surface area (Å²) in [5, 5.41) is 3.48. The van der Waals surface area contributed by atoms with Gasteiger partial charge in [0, 0.05) is 10.7 Å². The van der Waals surface area contributed by atoms with Gasteiger partial charge in [0.1, 0.15) is 5.82 Å². The highest BCUT2D eigenvalue weighted by atomic mass is 79.9. The predicted molar refractivity (Wildman–Crippen MR) is 83.5 cm³/mol. The molecule has 0 aliphatic heterocycles. The molecule has 2 rings (SSSR count). The molecule has 0 fully saturated rings. The van der Waals surface area contributed by atoms with Crippen LogP contribution in [0.2, 0.25) is 5.02 Å². The van der Waals surface area contributed by atoms with Crippen LogP contribution in [0.15, 0.2) is 41.0 Å².